The van der Waals surface area contributed by atoms with E-state index >= 15 is 0 Å². The van der Waals surface area contributed by atoms with Crippen LogP contribution in [0.1, 0.15) is 37.9 Å². The Labute approximate surface area is 188 Å². The molecule has 3 aromatic rings. The molecule has 1 aliphatic rings. The molecule has 9 heteroatoms. The van der Waals surface area contributed by atoms with E-state index in [9.17, 15) is 4.79 Å². The lowest BCUT2D eigenvalue weighted by Gasteiger charge is -2.28. The van der Waals surface area contributed by atoms with Crippen LogP contribution in [0.5, 0.6) is 5.75 Å². The van der Waals surface area contributed by atoms with Crippen LogP contribution in [0.25, 0.3) is 0 Å². The molecule has 2 aromatic carbocycles. The number of rotatable bonds is 6. The van der Waals surface area contributed by atoms with Gasteiger partial charge in [0.1, 0.15) is 18.4 Å². The normalized spacial score (nSPS) is 15.5. The molecule has 0 spiro atoms. The molecule has 1 unspecified atom stereocenters. The first kappa shape index (κ1) is 21.0. The number of hydrogen-bond donors (Lipinski definition) is 1. The van der Waals surface area contributed by atoms with E-state index in [4.69, 9.17) is 9.47 Å². The Bertz CT molecular complexity index is 1110. The fourth-order valence-electron chi connectivity index (χ4n) is 3.36. The van der Waals surface area contributed by atoms with Crippen molar-refractivity contribution in [1.82, 2.24) is 20.2 Å². The number of ether oxygens (including phenoxy) is 2. The molecule has 0 bridgehead atoms. The number of carbonyl (C=O) groups is 1. The highest BCUT2D eigenvalue weighted by Gasteiger charge is 2.35. The van der Waals surface area contributed by atoms with Crippen molar-refractivity contribution < 1.29 is 14.3 Å². The van der Waals surface area contributed by atoms with Gasteiger partial charge in [-0.3, -0.25) is 0 Å². The smallest absolute Gasteiger partial charge is 0.338 e. The maximum Gasteiger partial charge on any atom is 0.338 e. The molecule has 0 saturated heterocycles. The number of anilines is 1. The zero-order chi connectivity index (χ0) is 22.0. The van der Waals surface area contributed by atoms with Gasteiger partial charge in [-0.2, -0.15) is 4.68 Å². The van der Waals surface area contributed by atoms with Crippen molar-refractivity contribution in [3.63, 3.8) is 0 Å². The zero-order valence-corrected chi connectivity index (χ0v) is 19.0. The number of benzene rings is 2. The summed E-state index contributed by atoms with van der Waals surface area (Å²) >= 11 is 3.43. The van der Waals surface area contributed by atoms with E-state index in [0.29, 0.717) is 23.8 Å². The minimum atomic E-state index is -0.502. The number of allylic oxidation sites excluding steroid dienone is 1. The summed E-state index contributed by atoms with van der Waals surface area (Å²) in [4.78, 5) is 12.9. The Morgan fingerprint density at radius 2 is 1.87 bits per heavy atom. The average Bonchev–Trinajstić information content (AvgIpc) is 3.20. The molecule has 8 nitrogen and oxygen atoms in total. The van der Waals surface area contributed by atoms with Gasteiger partial charge in [0.2, 0.25) is 5.95 Å². The van der Waals surface area contributed by atoms with Crippen molar-refractivity contribution in [2.75, 3.05) is 5.32 Å². The number of nitrogens with one attached hydrogen (secondary N) is 1. The lowest BCUT2D eigenvalue weighted by Crippen LogP contribution is -2.30. The van der Waals surface area contributed by atoms with E-state index in [-0.39, 0.29) is 6.10 Å². The van der Waals surface area contributed by atoms with Crippen molar-refractivity contribution in [2.24, 2.45) is 0 Å². The molecule has 1 aliphatic heterocycles. The summed E-state index contributed by atoms with van der Waals surface area (Å²) in [7, 11) is 0. The number of esters is 1. The molecule has 2 heterocycles. The van der Waals surface area contributed by atoms with Crippen LogP contribution >= 0.6 is 15.9 Å². The van der Waals surface area contributed by atoms with E-state index in [1.54, 1.807) is 4.68 Å². The Morgan fingerprint density at radius 3 is 2.55 bits per heavy atom. The third kappa shape index (κ3) is 4.61. The van der Waals surface area contributed by atoms with Gasteiger partial charge in [0.05, 0.1) is 11.7 Å². The predicted octanol–water partition coefficient (Wildman–Crippen LogP) is 4.26. The SMILES string of the molecule is CC1=C(C(=O)OC(C)C)C(c2ccc(OCc3ccc(Br)cc3)cc2)n2nnnc2N1. The molecule has 0 radical (unpaired) electrons. The molecule has 31 heavy (non-hydrogen) atoms. The summed E-state index contributed by atoms with van der Waals surface area (Å²) in [6.45, 7) is 5.91. The first-order valence-corrected chi connectivity index (χ1v) is 10.7. The highest BCUT2D eigenvalue weighted by Crippen LogP contribution is 2.35. The zero-order valence-electron chi connectivity index (χ0n) is 17.4. The first-order valence-electron chi connectivity index (χ1n) is 9.86. The fourth-order valence-corrected chi connectivity index (χ4v) is 3.62. The molecule has 160 valence electrons. The second-order valence-electron chi connectivity index (χ2n) is 7.45. The largest absolute Gasteiger partial charge is 0.489 e. The Kier molecular flexibility index (Phi) is 6.03. The van der Waals surface area contributed by atoms with Gasteiger partial charge in [-0.25, -0.2) is 4.79 Å². The van der Waals surface area contributed by atoms with Gasteiger partial charge in [0.15, 0.2) is 0 Å². The second kappa shape index (κ2) is 8.89. The fraction of sp³-hybridized carbons (Fsp3) is 0.273. The molecular weight excluding hydrogens is 462 g/mol. The summed E-state index contributed by atoms with van der Waals surface area (Å²) in [6, 6.07) is 15.0. The van der Waals surface area contributed by atoms with Crippen molar-refractivity contribution in [3.8, 4) is 5.75 Å². The standard InChI is InChI=1S/C22H22BrN5O3/c1-13(2)31-21(29)19-14(3)24-22-25-26-27-28(22)20(19)16-6-10-18(11-7-16)30-12-15-4-8-17(23)9-5-15/h4-11,13,20H,12H2,1-3H3,(H,24,25,27). The van der Waals surface area contributed by atoms with Gasteiger partial charge in [-0.15, -0.1) is 0 Å². The van der Waals surface area contributed by atoms with Crippen LogP contribution in [0.4, 0.5) is 5.95 Å². The van der Waals surface area contributed by atoms with Crippen LogP contribution in [-0.4, -0.2) is 32.3 Å². The monoisotopic (exact) mass is 483 g/mol. The van der Waals surface area contributed by atoms with Gasteiger partial charge in [0.25, 0.3) is 0 Å². The molecule has 1 N–H and O–H groups in total. The average molecular weight is 484 g/mol. The molecule has 0 fully saturated rings. The van der Waals surface area contributed by atoms with Gasteiger partial charge >= 0.3 is 5.97 Å². The third-order valence-corrected chi connectivity index (χ3v) is 5.32. The predicted molar refractivity (Wildman–Crippen MR) is 118 cm³/mol. The van der Waals surface area contributed by atoms with E-state index in [1.165, 1.54) is 0 Å². The molecular formula is C22H22BrN5O3. The molecule has 1 atom stereocenters. The number of aromatic nitrogens is 4. The van der Waals surface area contributed by atoms with Crippen molar-refractivity contribution >= 4 is 27.8 Å². The lowest BCUT2D eigenvalue weighted by molar-refractivity contribution is -0.143. The summed E-state index contributed by atoms with van der Waals surface area (Å²) in [5.41, 5.74) is 3.05. The number of carbonyl (C=O) groups excluding carboxylic acids is 1. The maximum atomic E-state index is 12.9. The van der Waals surface area contributed by atoms with Gasteiger partial charge in [0, 0.05) is 10.2 Å². The minimum absolute atomic E-state index is 0.238. The van der Waals surface area contributed by atoms with E-state index in [1.807, 2.05) is 69.3 Å². The number of fused-ring (bicyclic) bond motifs is 1. The van der Waals surface area contributed by atoms with Crippen LogP contribution in [0.3, 0.4) is 0 Å². The number of nitrogens with zero attached hydrogens (tertiary/aromatic N) is 4. The molecule has 0 aliphatic carbocycles. The number of hydrogen-bond acceptors (Lipinski definition) is 7. The van der Waals surface area contributed by atoms with Crippen LogP contribution in [-0.2, 0) is 16.1 Å². The van der Waals surface area contributed by atoms with Crippen molar-refractivity contribution in [2.45, 2.75) is 39.5 Å². The topological polar surface area (TPSA) is 91.2 Å². The summed E-state index contributed by atoms with van der Waals surface area (Å²) in [5, 5.41) is 14.9. The molecule has 1 aromatic heterocycles. The Balaban J connectivity index is 1.58. The maximum absolute atomic E-state index is 12.9. The van der Waals surface area contributed by atoms with Crippen LogP contribution in [0, 0.1) is 0 Å². The van der Waals surface area contributed by atoms with Crippen molar-refractivity contribution in [1.29, 1.82) is 0 Å². The second-order valence-corrected chi connectivity index (χ2v) is 8.37. The Morgan fingerprint density at radius 1 is 1.16 bits per heavy atom. The third-order valence-electron chi connectivity index (χ3n) is 4.79. The highest BCUT2D eigenvalue weighted by atomic mass is 79.9. The molecule has 0 saturated carbocycles. The number of halogens is 1. The Hall–Kier alpha value is -3.20. The summed E-state index contributed by atoms with van der Waals surface area (Å²) in [6.07, 6.45) is -0.238. The highest BCUT2D eigenvalue weighted by molar-refractivity contribution is 9.10. The lowest BCUT2D eigenvalue weighted by atomic mass is 9.95. The van der Waals surface area contributed by atoms with Crippen molar-refractivity contribution in [3.05, 3.63) is 75.4 Å². The molecule has 0 amide bonds. The van der Waals surface area contributed by atoms with Crippen LogP contribution in [0.15, 0.2) is 64.3 Å². The quantitative estimate of drug-likeness (QED) is 0.523. The van der Waals surface area contributed by atoms with Crippen LogP contribution < -0.4 is 10.1 Å². The van der Waals surface area contributed by atoms with Gasteiger partial charge in [-0.1, -0.05) is 45.3 Å². The summed E-state index contributed by atoms with van der Waals surface area (Å²) < 4.78 is 14.0. The minimum Gasteiger partial charge on any atom is -0.489 e. The van der Waals surface area contributed by atoms with E-state index in [2.05, 4.69) is 36.8 Å². The van der Waals surface area contributed by atoms with Crippen LogP contribution in [0.2, 0.25) is 0 Å². The van der Waals surface area contributed by atoms with Gasteiger partial charge < -0.3 is 14.8 Å². The first-order chi connectivity index (χ1) is 14.9. The van der Waals surface area contributed by atoms with E-state index < -0.39 is 12.0 Å². The summed E-state index contributed by atoms with van der Waals surface area (Å²) in [5.74, 6) is 0.797. The molecule has 4 rings (SSSR count). The van der Waals surface area contributed by atoms with E-state index in [0.717, 1.165) is 21.3 Å². The van der Waals surface area contributed by atoms with Gasteiger partial charge in [-0.05, 0) is 66.6 Å². The number of tetrazole rings is 1.